The Morgan fingerprint density at radius 1 is 1.05 bits per heavy atom. The van der Waals surface area contributed by atoms with Crippen LogP contribution in [0, 0.1) is 5.82 Å². The molecular formula is C16H16FN3O2. The number of benzene rings is 2. The highest BCUT2D eigenvalue weighted by Crippen LogP contribution is 2.19. The van der Waals surface area contributed by atoms with Crippen LogP contribution in [0.4, 0.5) is 4.39 Å². The van der Waals surface area contributed by atoms with Crippen molar-refractivity contribution in [2.75, 3.05) is 14.2 Å². The number of ether oxygens (including phenoxy) is 1. The maximum absolute atomic E-state index is 13.7. The first kappa shape index (κ1) is 14.5. The molecule has 6 heteroatoms. The van der Waals surface area contributed by atoms with E-state index in [2.05, 4.69) is 19.8 Å². The van der Waals surface area contributed by atoms with Crippen molar-refractivity contribution in [2.24, 2.45) is 0 Å². The molecule has 0 atom stereocenters. The lowest BCUT2D eigenvalue weighted by atomic mass is 10.1. The molecule has 0 aliphatic carbocycles. The summed E-state index contributed by atoms with van der Waals surface area (Å²) in [6, 6.07) is 10.8. The molecule has 3 rings (SSSR count). The van der Waals surface area contributed by atoms with Crippen LogP contribution in [-0.2, 0) is 13.1 Å². The first-order chi connectivity index (χ1) is 10.7. The number of rotatable bonds is 5. The third-order valence-electron chi connectivity index (χ3n) is 3.44. The summed E-state index contributed by atoms with van der Waals surface area (Å²) in [6.07, 6.45) is 0. The highest BCUT2D eigenvalue weighted by atomic mass is 19.1. The lowest BCUT2D eigenvalue weighted by molar-refractivity contribution is 0.314. The molecule has 1 aromatic heterocycles. The average molecular weight is 301 g/mol. The second-order valence-electron chi connectivity index (χ2n) is 5.23. The first-order valence-corrected chi connectivity index (χ1v) is 6.88. The fourth-order valence-electron chi connectivity index (χ4n) is 2.41. The van der Waals surface area contributed by atoms with Crippen molar-refractivity contribution in [1.82, 2.24) is 15.2 Å². The Morgan fingerprint density at radius 3 is 2.45 bits per heavy atom. The Kier molecular flexibility index (Phi) is 4.02. The van der Waals surface area contributed by atoms with Crippen molar-refractivity contribution in [3.05, 3.63) is 53.3 Å². The summed E-state index contributed by atoms with van der Waals surface area (Å²) in [5, 5.41) is 7.61. The Labute approximate surface area is 127 Å². The van der Waals surface area contributed by atoms with E-state index in [0.717, 1.165) is 28.7 Å². The second kappa shape index (κ2) is 6.11. The van der Waals surface area contributed by atoms with Gasteiger partial charge in [0.1, 0.15) is 11.0 Å². The van der Waals surface area contributed by atoms with Gasteiger partial charge >= 0.3 is 0 Å². The molecule has 0 saturated carbocycles. The van der Waals surface area contributed by atoms with Gasteiger partial charge < -0.3 is 4.74 Å². The molecule has 0 fully saturated rings. The largest absolute Gasteiger partial charge is 0.494 e. The van der Waals surface area contributed by atoms with Gasteiger partial charge in [-0.2, -0.15) is 0 Å². The molecule has 0 radical (unpaired) electrons. The van der Waals surface area contributed by atoms with Crippen molar-refractivity contribution in [1.29, 1.82) is 0 Å². The van der Waals surface area contributed by atoms with Gasteiger partial charge in [-0.15, -0.1) is 0 Å². The second-order valence-corrected chi connectivity index (χ2v) is 5.23. The van der Waals surface area contributed by atoms with E-state index in [0.29, 0.717) is 6.54 Å². The molecule has 1 heterocycles. The lowest BCUT2D eigenvalue weighted by Gasteiger charge is -2.17. The van der Waals surface area contributed by atoms with E-state index in [1.54, 1.807) is 6.07 Å². The summed E-state index contributed by atoms with van der Waals surface area (Å²) in [4.78, 5) is 2.09. The number of aromatic nitrogens is 2. The van der Waals surface area contributed by atoms with Crippen LogP contribution in [0.5, 0.6) is 5.75 Å². The summed E-state index contributed by atoms with van der Waals surface area (Å²) < 4.78 is 23.3. The Morgan fingerprint density at radius 2 is 1.73 bits per heavy atom. The zero-order valence-corrected chi connectivity index (χ0v) is 12.4. The normalized spacial score (nSPS) is 11.3. The number of methoxy groups -OCH3 is 1. The summed E-state index contributed by atoms with van der Waals surface area (Å²) in [5.41, 5.74) is 3.47. The number of nitrogens with zero attached hydrogens (tertiary/aromatic N) is 3. The molecule has 0 N–H and O–H groups in total. The minimum atomic E-state index is -0.344. The standard InChI is InChI=1S/C16H16FN3O2/c1-20(9-11-4-6-16(21-2)13(17)7-11)10-12-3-5-14-15(8-12)19-22-18-14/h3-8H,9-10H2,1-2H3. The number of halogens is 1. The van der Waals surface area contributed by atoms with Gasteiger partial charge in [0.25, 0.3) is 0 Å². The fourth-order valence-corrected chi connectivity index (χ4v) is 2.41. The van der Waals surface area contributed by atoms with Gasteiger partial charge in [-0.1, -0.05) is 12.1 Å². The highest BCUT2D eigenvalue weighted by Gasteiger charge is 2.08. The van der Waals surface area contributed by atoms with Crippen molar-refractivity contribution in [3.8, 4) is 5.75 Å². The van der Waals surface area contributed by atoms with Crippen LogP contribution in [0.2, 0.25) is 0 Å². The van der Waals surface area contributed by atoms with Gasteiger partial charge in [-0.05, 0) is 52.8 Å². The van der Waals surface area contributed by atoms with E-state index in [-0.39, 0.29) is 11.6 Å². The Balaban J connectivity index is 1.68. The third kappa shape index (κ3) is 3.07. The summed E-state index contributed by atoms with van der Waals surface area (Å²) in [5.74, 6) is -0.0844. The lowest BCUT2D eigenvalue weighted by Crippen LogP contribution is -2.17. The molecule has 0 aliphatic rings. The van der Waals surface area contributed by atoms with Crippen LogP contribution in [0.15, 0.2) is 41.0 Å². The molecular weight excluding hydrogens is 285 g/mol. The van der Waals surface area contributed by atoms with Crippen molar-refractivity contribution in [2.45, 2.75) is 13.1 Å². The molecule has 0 amide bonds. The zero-order chi connectivity index (χ0) is 15.5. The fraction of sp³-hybridized carbons (Fsp3) is 0.250. The quantitative estimate of drug-likeness (QED) is 0.725. The summed E-state index contributed by atoms with van der Waals surface area (Å²) >= 11 is 0. The van der Waals surface area contributed by atoms with Gasteiger partial charge in [0.2, 0.25) is 0 Å². The molecule has 114 valence electrons. The smallest absolute Gasteiger partial charge is 0.165 e. The molecule has 0 spiro atoms. The Bertz CT molecular complexity index is 788. The van der Waals surface area contributed by atoms with E-state index in [9.17, 15) is 4.39 Å². The van der Waals surface area contributed by atoms with Gasteiger partial charge in [0.05, 0.1) is 7.11 Å². The van der Waals surface area contributed by atoms with E-state index >= 15 is 0 Å². The van der Waals surface area contributed by atoms with Crippen molar-refractivity contribution >= 4 is 11.0 Å². The molecule has 22 heavy (non-hydrogen) atoms. The van der Waals surface area contributed by atoms with Gasteiger partial charge in [0, 0.05) is 13.1 Å². The molecule has 0 bridgehead atoms. The topological polar surface area (TPSA) is 51.4 Å². The third-order valence-corrected chi connectivity index (χ3v) is 3.44. The minimum absolute atomic E-state index is 0.260. The van der Waals surface area contributed by atoms with E-state index in [1.165, 1.54) is 13.2 Å². The SMILES string of the molecule is COc1ccc(CN(C)Cc2ccc3nonc3c2)cc1F. The van der Waals surface area contributed by atoms with Crippen LogP contribution >= 0.6 is 0 Å². The van der Waals surface area contributed by atoms with E-state index < -0.39 is 0 Å². The molecule has 0 saturated heterocycles. The van der Waals surface area contributed by atoms with Crippen LogP contribution in [0.3, 0.4) is 0 Å². The van der Waals surface area contributed by atoms with Gasteiger partial charge in [0.15, 0.2) is 11.6 Å². The molecule has 5 nitrogen and oxygen atoms in total. The zero-order valence-electron chi connectivity index (χ0n) is 12.4. The predicted molar refractivity (Wildman–Crippen MR) is 79.9 cm³/mol. The number of hydrogen-bond donors (Lipinski definition) is 0. The van der Waals surface area contributed by atoms with Crippen molar-refractivity contribution < 1.29 is 13.8 Å². The highest BCUT2D eigenvalue weighted by molar-refractivity contribution is 5.73. The number of hydrogen-bond acceptors (Lipinski definition) is 5. The van der Waals surface area contributed by atoms with Crippen LogP contribution in [0.1, 0.15) is 11.1 Å². The van der Waals surface area contributed by atoms with Crippen LogP contribution in [0.25, 0.3) is 11.0 Å². The Hall–Kier alpha value is -2.47. The summed E-state index contributed by atoms with van der Waals surface area (Å²) in [6.45, 7) is 1.35. The van der Waals surface area contributed by atoms with Gasteiger partial charge in [-0.3, -0.25) is 4.90 Å². The molecule has 0 unspecified atom stereocenters. The molecule has 0 aliphatic heterocycles. The van der Waals surface area contributed by atoms with Crippen molar-refractivity contribution in [3.63, 3.8) is 0 Å². The minimum Gasteiger partial charge on any atom is -0.494 e. The van der Waals surface area contributed by atoms with Crippen LogP contribution in [-0.4, -0.2) is 29.4 Å². The van der Waals surface area contributed by atoms with E-state index in [4.69, 9.17) is 4.74 Å². The van der Waals surface area contributed by atoms with E-state index in [1.807, 2.05) is 31.3 Å². The maximum Gasteiger partial charge on any atom is 0.165 e. The number of fused-ring (bicyclic) bond motifs is 1. The average Bonchev–Trinajstić information content (AvgIpc) is 2.95. The van der Waals surface area contributed by atoms with Crippen LogP contribution < -0.4 is 4.74 Å². The van der Waals surface area contributed by atoms with Gasteiger partial charge in [-0.25, -0.2) is 9.02 Å². The predicted octanol–water partition coefficient (Wildman–Crippen LogP) is 3.00. The maximum atomic E-state index is 13.7. The summed E-state index contributed by atoms with van der Waals surface area (Å²) in [7, 11) is 3.44. The monoisotopic (exact) mass is 301 g/mol. The molecule has 3 aromatic rings. The first-order valence-electron chi connectivity index (χ1n) is 6.88. The molecule has 2 aromatic carbocycles.